The summed E-state index contributed by atoms with van der Waals surface area (Å²) in [5, 5.41) is 6.74. The van der Waals surface area contributed by atoms with Crippen LogP contribution in [-0.2, 0) is 22.6 Å². The molecule has 1 atom stereocenters. The summed E-state index contributed by atoms with van der Waals surface area (Å²) in [6, 6.07) is 17.7. The summed E-state index contributed by atoms with van der Waals surface area (Å²) in [5.74, 6) is -0.206. The Morgan fingerprint density at radius 1 is 1.03 bits per heavy atom. The molecule has 2 aliphatic heterocycles. The van der Waals surface area contributed by atoms with Crippen LogP contribution in [0.4, 0.5) is 5.69 Å². The fourth-order valence-electron chi connectivity index (χ4n) is 4.94. The molecule has 0 aliphatic carbocycles. The van der Waals surface area contributed by atoms with Gasteiger partial charge in [0, 0.05) is 40.9 Å². The van der Waals surface area contributed by atoms with E-state index < -0.39 is 0 Å². The molecule has 6 nitrogen and oxygen atoms in total. The Morgan fingerprint density at radius 3 is 2.55 bits per heavy atom. The molecule has 2 N–H and O–H groups in total. The van der Waals surface area contributed by atoms with E-state index in [1.54, 1.807) is 0 Å². The van der Waals surface area contributed by atoms with Crippen LogP contribution in [0, 0.1) is 5.92 Å². The zero-order valence-electron chi connectivity index (χ0n) is 17.8. The number of aromatic nitrogens is 1. The van der Waals surface area contributed by atoms with Crippen LogP contribution >= 0.6 is 0 Å². The molecule has 1 aromatic heterocycles. The van der Waals surface area contributed by atoms with Crippen molar-refractivity contribution in [3.05, 3.63) is 71.6 Å². The van der Waals surface area contributed by atoms with Gasteiger partial charge >= 0.3 is 0 Å². The number of rotatable bonds is 5. The van der Waals surface area contributed by atoms with Crippen molar-refractivity contribution in [3.63, 3.8) is 0 Å². The molecular formula is C25H26N4O2. The molecule has 158 valence electrons. The normalized spacial score (nSPS) is 18.6. The molecule has 3 heterocycles. The van der Waals surface area contributed by atoms with E-state index in [4.69, 9.17) is 0 Å². The van der Waals surface area contributed by atoms with Gasteiger partial charge in [0.15, 0.2) is 0 Å². The summed E-state index contributed by atoms with van der Waals surface area (Å²) in [7, 11) is 4.19. The Bertz CT molecular complexity index is 1210. The van der Waals surface area contributed by atoms with Crippen LogP contribution in [0.25, 0.3) is 16.5 Å². The smallest absolute Gasteiger partial charge is 0.275 e. The fraction of sp³-hybridized carbons (Fsp3) is 0.280. The van der Waals surface area contributed by atoms with Gasteiger partial charge < -0.3 is 14.8 Å². The van der Waals surface area contributed by atoms with Crippen LogP contribution in [0.3, 0.4) is 0 Å². The van der Waals surface area contributed by atoms with E-state index in [2.05, 4.69) is 46.3 Å². The van der Waals surface area contributed by atoms with Crippen LogP contribution in [0.2, 0.25) is 0 Å². The van der Waals surface area contributed by atoms with Crippen LogP contribution in [0.1, 0.15) is 17.7 Å². The van der Waals surface area contributed by atoms with Gasteiger partial charge in [0.1, 0.15) is 5.70 Å². The van der Waals surface area contributed by atoms with Gasteiger partial charge in [-0.25, -0.2) is 0 Å². The highest BCUT2D eigenvalue weighted by atomic mass is 16.2. The van der Waals surface area contributed by atoms with Gasteiger partial charge in [0.25, 0.3) is 11.8 Å². The first-order valence-corrected chi connectivity index (χ1v) is 10.7. The average Bonchev–Trinajstić information content (AvgIpc) is 3.21. The van der Waals surface area contributed by atoms with Crippen LogP contribution in [0.15, 0.2) is 60.3 Å². The maximum Gasteiger partial charge on any atom is 0.275 e. The van der Waals surface area contributed by atoms with Gasteiger partial charge in [0.2, 0.25) is 0 Å². The Balaban J connectivity index is 1.70. The second-order valence-corrected chi connectivity index (χ2v) is 8.64. The number of hydrogen-bond donors (Lipinski definition) is 2. The number of carbonyl (C=O) groups is 2. The summed E-state index contributed by atoms with van der Waals surface area (Å²) in [6.07, 6.45) is 1.98. The first-order valence-electron chi connectivity index (χ1n) is 10.7. The molecule has 31 heavy (non-hydrogen) atoms. The van der Waals surface area contributed by atoms with E-state index >= 15 is 0 Å². The topological polar surface area (TPSA) is 66.4 Å². The van der Waals surface area contributed by atoms with E-state index in [1.807, 2.05) is 42.5 Å². The SMILES string of the molecule is CN(C)C[C@H]1CCn2c(c(C3=C(Nc4ccccc4)C(=O)NC3=O)c3ccccc32)C1. The summed E-state index contributed by atoms with van der Waals surface area (Å²) >= 11 is 0. The lowest BCUT2D eigenvalue weighted by Gasteiger charge is -2.28. The third-order valence-electron chi connectivity index (χ3n) is 6.17. The second kappa shape index (κ2) is 7.71. The lowest BCUT2D eigenvalue weighted by molar-refractivity contribution is -0.123. The maximum absolute atomic E-state index is 13.0. The molecule has 0 saturated heterocycles. The van der Waals surface area contributed by atoms with Crippen LogP contribution in [0.5, 0.6) is 0 Å². The zero-order valence-corrected chi connectivity index (χ0v) is 17.8. The summed E-state index contributed by atoms with van der Waals surface area (Å²) in [4.78, 5) is 28.0. The van der Waals surface area contributed by atoms with Crippen molar-refractivity contribution < 1.29 is 9.59 Å². The van der Waals surface area contributed by atoms with Gasteiger partial charge in [0.05, 0.1) is 5.57 Å². The van der Waals surface area contributed by atoms with Gasteiger partial charge in [-0.3, -0.25) is 14.9 Å². The quantitative estimate of drug-likeness (QED) is 0.629. The van der Waals surface area contributed by atoms with Crippen molar-refractivity contribution in [2.75, 3.05) is 26.0 Å². The largest absolute Gasteiger partial charge is 0.350 e. The van der Waals surface area contributed by atoms with E-state index in [1.165, 1.54) is 0 Å². The van der Waals surface area contributed by atoms with Crippen LogP contribution < -0.4 is 10.6 Å². The lowest BCUT2D eigenvalue weighted by atomic mass is 9.91. The van der Waals surface area contributed by atoms with Crippen molar-refractivity contribution in [1.82, 2.24) is 14.8 Å². The molecule has 0 spiro atoms. The van der Waals surface area contributed by atoms with Crippen molar-refractivity contribution in [2.45, 2.75) is 19.4 Å². The van der Waals surface area contributed by atoms with Gasteiger partial charge in [-0.2, -0.15) is 0 Å². The molecule has 2 aromatic carbocycles. The number of anilines is 1. The molecule has 0 saturated carbocycles. The highest BCUT2D eigenvalue weighted by Crippen LogP contribution is 2.39. The third-order valence-corrected chi connectivity index (χ3v) is 6.17. The fourth-order valence-corrected chi connectivity index (χ4v) is 4.94. The number of nitrogens with zero attached hydrogens (tertiary/aromatic N) is 2. The van der Waals surface area contributed by atoms with Gasteiger partial charge in [-0.1, -0.05) is 36.4 Å². The minimum absolute atomic E-state index is 0.324. The van der Waals surface area contributed by atoms with E-state index in [0.717, 1.165) is 53.8 Å². The summed E-state index contributed by atoms with van der Waals surface area (Å²) in [6.45, 7) is 1.92. The van der Waals surface area contributed by atoms with Gasteiger partial charge in [-0.05, 0) is 51.1 Å². The number of hydrogen-bond acceptors (Lipinski definition) is 4. The zero-order chi connectivity index (χ0) is 21.5. The van der Waals surface area contributed by atoms with Crippen molar-refractivity contribution >= 4 is 34.0 Å². The van der Waals surface area contributed by atoms with E-state index in [-0.39, 0.29) is 11.8 Å². The van der Waals surface area contributed by atoms with Crippen molar-refractivity contribution in [1.29, 1.82) is 0 Å². The Hall–Kier alpha value is -3.38. The summed E-state index contributed by atoms with van der Waals surface area (Å²) < 4.78 is 2.33. The molecule has 0 unspecified atom stereocenters. The van der Waals surface area contributed by atoms with E-state index in [0.29, 0.717) is 17.2 Å². The minimum atomic E-state index is -0.381. The number of benzene rings is 2. The Morgan fingerprint density at radius 2 is 1.77 bits per heavy atom. The molecule has 0 fully saturated rings. The van der Waals surface area contributed by atoms with Gasteiger partial charge in [-0.15, -0.1) is 0 Å². The van der Waals surface area contributed by atoms with Crippen molar-refractivity contribution in [3.8, 4) is 0 Å². The minimum Gasteiger partial charge on any atom is -0.350 e. The monoisotopic (exact) mass is 414 g/mol. The molecule has 2 aliphatic rings. The number of fused-ring (bicyclic) bond motifs is 3. The number of para-hydroxylation sites is 2. The number of aryl methyl sites for hydroxylation is 1. The first-order chi connectivity index (χ1) is 15.0. The standard InChI is InChI=1S/C25H26N4O2/c1-28(2)15-16-12-13-29-19-11-7-6-10-18(19)21(20(29)14-16)22-23(25(31)27-24(22)30)26-17-8-4-3-5-9-17/h3-11,16H,12-15H2,1-2H3,(H2,26,27,30,31)/t16-/m0/s1. The van der Waals surface area contributed by atoms with Crippen molar-refractivity contribution in [2.24, 2.45) is 5.92 Å². The number of imide groups is 1. The predicted molar refractivity (Wildman–Crippen MR) is 122 cm³/mol. The predicted octanol–water partition coefficient (Wildman–Crippen LogP) is 3.24. The first kappa shape index (κ1) is 19.6. The Labute approximate surface area is 181 Å². The maximum atomic E-state index is 13.0. The lowest BCUT2D eigenvalue weighted by Crippen LogP contribution is -2.29. The molecule has 0 bridgehead atoms. The highest BCUT2D eigenvalue weighted by molar-refractivity contribution is 6.38. The number of amides is 2. The van der Waals surface area contributed by atoms with E-state index in [9.17, 15) is 9.59 Å². The van der Waals surface area contributed by atoms with Crippen LogP contribution in [-0.4, -0.2) is 41.9 Å². The average molecular weight is 415 g/mol. The highest BCUT2D eigenvalue weighted by Gasteiger charge is 2.36. The number of carbonyl (C=O) groups excluding carboxylic acids is 2. The molecule has 6 heteroatoms. The number of nitrogens with one attached hydrogen (secondary N) is 2. The molecule has 2 amide bonds. The summed E-state index contributed by atoms with van der Waals surface area (Å²) in [5.41, 5.74) is 4.71. The second-order valence-electron chi connectivity index (χ2n) is 8.64. The third kappa shape index (κ3) is 3.43. The molecular weight excluding hydrogens is 388 g/mol. The molecule has 0 radical (unpaired) electrons. The molecule has 5 rings (SSSR count). The molecule has 3 aromatic rings. The Kier molecular flexibility index (Phi) is 4.87.